The molecule has 4 saturated carbocycles. The number of aromatic nitrogens is 4. The number of aliphatic hydroxyl groups is 2. The Kier molecular flexibility index (Phi) is 17.6. The zero-order chi connectivity index (χ0) is 61.1. The van der Waals surface area contributed by atoms with Crippen LogP contribution in [-0.2, 0) is 54.7 Å². The third kappa shape index (κ3) is 13.6. The van der Waals surface area contributed by atoms with Gasteiger partial charge in [-0.05, 0) is 122 Å². The van der Waals surface area contributed by atoms with Crippen molar-refractivity contribution in [1.29, 1.82) is 0 Å². The molecule has 0 radical (unpaired) electrons. The van der Waals surface area contributed by atoms with E-state index in [0.29, 0.717) is 65.0 Å². The number of nitrogens with zero attached hydrogens (tertiary/aromatic N) is 7. The third-order valence-corrected chi connectivity index (χ3v) is 18.5. The maximum absolute atomic E-state index is 13.9. The number of rotatable bonds is 26. The van der Waals surface area contributed by atoms with Crippen molar-refractivity contribution in [3.8, 4) is 16.9 Å². The zero-order valence-electron chi connectivity index (χ0n) is 49.1. The summed E-state index contributed by atoms with van der Waals surface area (Å²) in [6.07, 6.45) is 8.58. The van der Waals surface area contributed by atoms with Crippen LogP contribution >= 0.6 is 11.3 Å². The third-order valence-electron chi connectivity index (χ3n) is 17.5. The number of ether oxygens (including phenoxy) is 4. The van der Waals surface area contributed by atoms with Gasteiger partial charge in [0.2, 0.25) is 5.91 Å². The van der Waals surface area contributed by atoms with Crippen molar-refractivity contribution in [1.82, 2.24) is 34.9 Å². The molecule has 0 spiro atoms. The number of para-hydroxylation sites is 2. The number of thiazole rings is 1. The van der Waals surface area contributed by atoms with Crippen LogP contribution in [0.25, 0.3) is 21.3 Å². The van der Waals surface area contributed by atoms with Gasteiger partial charge in [0.05, 0.1) is 54.5 Å². The fourth-order valence-corrected chi connectivity index (χ4v) is 15.7. The minimum Gasteiger partial charge on any atom is -0.491 e. The van der Waals surface area contributed by atoms with Crippen LogP contribution in [0.5, 0.6) is 5.75 Å². The lowest BCUT2D eigenvalue weighted by Crippen LogP contribution is -2.64. The molecule has 3 atom stereocenters. The highest BCUT2D eigenvalue weighted by atomic mass is 32.1. The molecule has 3 aromatic carbocycles. The van der Waals surface area contributed by atoms with Crippen molar-refractivity contribution >= 4 is 68.2 Å². The second-order valence-corrected chi connectivity index (χ2v) is 25.7. The number of aromatic carboxylic acids is 1. The number of nitrogens with one attached hydrogen (secondary N) is 2. The van der Waals surface area contributed by atoms with Gasteiger partial charge in [0.15, 0.2) is 10.8 Å². The Morgan fingerprint density at radius 2 is 1.61 bits per heavy atom. The van der Waals surface area contributed by atoms with Crippen LogP contribution in [0.15, 0.2) is 97.2 Å². The summed E-state index contributed by atoms with van der Waals surface area (Å²) in [7, 11) is 0. The largest absolute Gasteiger partial charge is 0.491 e. The van der Waals surface area contributed by atoms with Gasteiger partial charge in [-0.25, -0.2) is 19.6 Å². The molecule has 0 saturated heterocycles. The summed E-state index contributed by atoms with van der Waals surface area (Å²) in [6.45, 7) is 8.46. The molecule has 2 unspecified atom stereocenters. The Hall–Kier alpha value is -8.09. The second kappa shape index (κ2) is 25.3. The molecular formula is C64H73N9O13S. The molecule has 5 heterocycles. The number of anilines is 2. The van der Waals surface area contributed by atoms with E-state index in [1.807, 2.05) is 71.1 Å². The van der Waals surface area contributed by atoms with E-state index in [1.54, 1.807) is 30.5 Å². The monoisotopic (exact) mass is 1210 g/mol. The summed E-state index contributed by atoms with van der Waals surface area (Å²) in [4.78, 5) is 90.2. The Morgan fingerprint density at radius 1 is 0.839 bits per heavy atom. The fraction of sp³-hybridized carbons (Fsp3) is 0.453. The van der Waals surface area contributed by atoms with Crippen molar-refractivity contribution < 1.29 is 63.0 Å². The number of carboxylic acids is 1. The molecule has 458 valence electrons. The van der Waals surface area contributed by atoms with Crippen LogP contribution in [0.4, 0.5) is 15.7 Å². The number of carboxylic acid groups (broad SMARTS) is 1. The van der Waals surface area contributed by atoms with E-state index >= 15 is 0 Å². The van der Waals surface area contributed by atoms with Gasteiger partial charge in [0.25, 0.3) is 17.7 Å². The zero-order valence-corrected chi connectivity index (χ0v) is 49.9. The van der Waals surface area contributed by atoms with E-state index in [-0.39, 0.29) is 93.5 Å². The van der Waals surface area contributed by atoms with Crippen LogP contribution in [0.3, 0.4) is 0 Å². The fourth-order valence-electron chi connectivity index (χ4n) is 14.8. The van der Waals surface area contributed by atoms with Crippen LogP contribution in [0.2, 0.25) is 0 Å². The molecule has 12 rings (SSSR count). The lowest BCUT2D eigenvalue weighted by Gasteiger charge is -2.69. The quantitative estimate of drug-likeness (QED) is 0.0262. The number of hydrogen-bond acceptors (Lipinski definition) is 17. The topological polar surface area (TPSA) is 277 Å². The van der Waals surface area contributed by atoms with Gasteiger partial charge in [-0.1, -0.05) is 67.6 Å². The first-order valence-electron chi connectivity index (χ1n) is 29.5. The Bertz CT molecular complexity index is 3570. The number of carbonyl (C=O) groups excluding carboxylic acids is 5. The van der Waals surface area contributed by atoms with Crippen LogP contribution in [0.1, 0.15) is 102 Å². The van der Waals surface area contributed by atoms with Crippen LogP contribution in [-0.4, -0.2) is 158 Å². The minimum absolute atomic E-state index is 0.0268. The predicted molar refractivity (Wildman–Crippen MR) is 322 cm³/mol. The van der Waals surface area contributed by atoms with Crippen molar-refractivity contribution in [3.63, 3.8) is 0 Å². The number of hydrogen-bond donors (Lipinski definition) is 5. The lowest BCUT2D eigenvalue weighted by molar-refractivity contribution is -0.248. The molecule has 6 aromatic rings. The molecule has 5 amide bonds. The van der Waals surface area contributed by atoms with Crippen molar-refractivity contribution in [3.05, 3.63) is 131 Å². The maximum atomic E-state index is 13.9. The summed E-state index contributed by atoms with van der Waals surface area (Å²) in [5, 5.41) is 41.8. The van der Waals surface area contributed by atoms with Gasteiger partial charge >= 0.3 is 12.1 Å². The maximum Gasteiger partial charge on any atom is 0.410 e. The number of aliphatic hydroxyl groups excluding tert-OH is 2. The number of benzene rings is 3. The molecule has 3 aromatic heterocycles. The van der Waals surface area contributed by atoms with Crippen LogP contribution < -0.4 is 20.3 Å². The normalized spacial score (nSPS) is 22.2. The molecule has 4 aliphatic carbocycles. The van der Waals surface area contributed by atoms with Crippen molar-refractivity contribution in [2.45, 2.75) is 104 Å². The standard InChI is InChI=1S/C64H73N9O13S/c1-41-47(45-15-16-52(68-56(45)58(80)81)71-22-19-42-10-8-11-46(48(42)30-71)57(79)69-59-67-49-12-5-7-14-51(49)87-59)29-66-73(41)40-63-35-61(2)34-62(3,36-63)38-64(37-61,39-63)86-26-24-70(23-20-44(75)32-74)60(82)85-33-43-9-4-6-13-50(43)84-28-27-83-25-21-65-53(76)31-72-54(77)17-18-55(72)78/h4-18,29,44,74-75H,19-28,30-40H2,1-3H3,(H,65,76)(H,80,81)(H,67,69,79)/t44-,61?,62?,63?,64?/m0/s1. The Balaban J connectivity index is 0.711. The summed E-state index contributed by atoms with van der Waals surface area (Å²) >= 11 is 1.41. The minimum atomic E-state index is -1.16. The van der Waals surface area contributed by atoms with Crippen molar-refractivity contribution in [2.75, 3.05) is 76.0 Å². The van der Waals surface area contributed by atoms with Crippen molar-refractivity contribution in [2.24, 2.45) is 16.2 Å². The van der Waals surface area contributed by atoms with E-state index < -0.39 is 48.1 Å². The number of fused-ring (bicyclic) bond motifs is 2. The van der Waals surface area contributed by atoms with Gasteiger partial charge in [0.1, 0.15) is 31.3 Å². The molecule has 2 aliphatic heterocycles. The summed E-state index contributed by atoms with van der Waals surface area (Å²) in [6, 6.07) is 24.3. The van der Waals surface area contributed by atoms with E-state index in [2.05, 4.69) is 29.5 Å². The number of amides is 5. The van der Waals surface area contributed by atoms with E-state index in [1.165, 1.54) is 16.2 Å². The molecule has 22 nitrogen and oxygen atoms in total. The summed E-state index contributed by atoms with van der Waals surface area (Å²) in [5.74, 6) is -2.00. The Labute approximate surface area is 507 Å². The van der Waals surface area contributed by atoms with E-state index in [4.69, 9.17) is 29.0 Å². The lowest BCUT2D eigenvalue weighted by atomic mass is 9.39. The number of imide groups is 1. The van der Waals surface area contributed by atoms with Gasteiger partial charge in [-0.15, -0.1) is 0 Å². The predicted octanol–water partition coefficient (Wildman–Crippen LogP) is 7.33. The average Bonchev–Trinajstić information content (AvgIpc) is 0.981. The van der Waals surface area contributed by atoms with Gasteiger partial charge in [0, 0.05) is 79.4 Å². The van der Waals surface area contributed by atoms with Gasteiger partial charge < -0.3 is 49.4 Å². The summed E-state index contributed by atoms with van der Waals surface area (Å²) in [5.41, 5.74) is 5.03. The van der Waals surface area contributed by atoms with Gasteiger partial charge in [-0.2, -0.15) is 5.10 Å². The summed E-state index contributed by atoms with van der Waals surface area (Å²) < 4.78 is 27.5. The second-order valence-electron chi connectivity index (χ2n) is 24.6. The first-order chi connectivity index (χ1) is 41.8. The average molecular weight is 1210 g/mol. The molecule has 4 fully saturated rings. The van der Waals surface area contributed by atoms with Crippen LogP contribution in [0, 0.1) is 23.2 Å². The first kappa shape index (κ1) is 60.6. The van der Waals surface area contributed by atoms with E-state index in [9.17, 15) is 44.1 Å². The highest BCUT2D eigenvalue weighted by molar-refractivity contribution is 7.22. The number of carbonyl (C=O) groups is 6. The molecular weight excluding hydrogens is 1130 g/mol. The highest BCUT2D eigenvalue weighted by Crippen LogP contribution is 2.72. The smallest absolute Gasteiger partial charge is 0.410 e. The molecule has 4 bridgehead atoms. The van der Waals surface area contributed by atoms with Gasteiger partial charge in [-0.3, -0.25) is 34.1 Å². The molecule has 87 heavy (non-hydrogen) atoms. The van der Waals surface area contributed by atoms with E-state index in [0.717, 1.165) is 82.6 Å². The SMILES string of the molecule is Cc1c(-c2ccc(N3CCc4cccc(C(=O)Nc5nc6ccccc6s5)c4C3)nc2C(=O)O)cnn1CC12CC3(C)CC(C)(C1)CC(OCCN(CC[C@H](O)CO)C(=O)OCc1ccccc1OCCOCCNC(=O)CN1C(=O)C=CC1=O)(C3)C2. The highest BCUT2D eigenvalue weighted by Gasteiger charge is 2.66. The molecule has 23 heteroatoms. The molecule has 6 aliphatic rings. The molecule has 5 N–H and O–H groups in total. The Morgan fingerprint density at radius 3 is 2.38 bits per heavy atom. The number of pyridine rings is 1. The first-order valence-corrected chi connectivity index (χ1v) is 30.4.